The average molecular weight is 352 g/mol. The normalized spacial score (nSPS) is 19.2. The summed E-state index contributed by atoms with van der Waals surface area (Å²) in [6.45, 7) is 11.0. The van der Waals surface area contributed by atoms with Crippen molar-refractivity contribution in [3.8, 4) is 0 Å². The summed E-state index contributed by atoms with van der Waals surface area (Å²) in [5.74, 6) is 0.243. The summed E-state index contributed by atoms with van der Waals surface area (Å²) in [6.07, 6.45) is 2.55. The van der Waals surface area contributed by atoms with E-state index in [0.717, 1.165) is 39.0 Å². The maximum atomic E-state index is 12.2. The van der Waals surface area contributed by atoms with Crippen molar-refractivity contribution in [2.75, 3.05) is 52.4 Å². The van der Waals surface area contributed by atoms with E-state index < -0.39 is 5.41 Å². The summed E-state index contributed by atoms with van der Waals surface area (Å²) in [5, 5.41) is 2.81. The molecule has 7 nitrogen and oxygen atoms in total. The van der Waals surface area contributed by atoms with Gasteiger partial charge in [-0.3, -0.25) is 19.3 Å². The Bertz CT molecular complexity index is 487. The van der Waals surface area contributed by atoms with Crippen LogP contribution >= 0.6 is 0 Å². The molecule has 2 rings (SSSR count). The molecule has 1 N–H and O–H groups in total. The van der Waals surface area contributed by atoms with Crippen LogP contribution in [-0.2, 0) is 14.4 Å². The molecule has 2 fully saturated rings. The van der Waals surface area contributed by atoms with Crippen molar-refractivity contribution in [2.45, 2.75) is 40.0 Å². The Hall–Kier alpha value is -1.63. The minimum Gasteiger partial charge on any atom is -0.355 e. The van der Waals surface area contributed by atoms with Crippen molar-refractivity contribution in [1.29, 1.82) is 0 Å². The van der Waals surface area contributed by atoms with Gasteiger partial charge in [0.05, 0.1) is 6.54 Å². The van der Waals surface area contributed by atoms with E-state index in [-0.39, 0.29) is 17.7 Å². The van der Waals surface area contributed by atoms with Gasteiger partial charge in [-0.05, 0) is 12.8 Å². The fourth-order valence-corrected chi connectivity index (χ4v) is 3.12. The van der Waals surface area contributed by atoms with E-state index in [0.29, 0.717) is 32.6 Å². The fraction of sp³-hybridized carbons (Fsp3) is 0.833. The van der Waals surface area contributed by atoms with Crippen LogP contribution in [0.15, 0.2) is 0 Å². The van der Waals surface area contributed by atoms with Crippen LogP contribution in [0.2, 0.25) is 0 Å². The summed E-state index contributed by atoms with van der Waals surface area (Å²) < 4.78 is 0. The molecule has 0 aromatic rings. The van der Waals surface area contributed by atoms with Crippen molar-refractivity contribution < 1.29 is 14.4 Å². The molecular formula is C18H32N4O3. The number of carbonyl (C=O) groups is 3. The molecule has 2 heterocycles. The number of hydrogen-bond acceptors (Lipinski definition) is 4. The van der Waals surface area contributed by atoms with E-state index in [9.17, 15) is 14.4 Å². The van der Waals surface area contributed by atoms with E-state index in [2.05, 4.69) is 10.2 Å². The highest BCUT2D eigenvalue weighted by Gasteiger charge is 2.25. The van der Waals surface area contributed by atoms with Gasteiger partial charge in [-0.15, -0.1) is 0 Å². The Morgan fingerprint density at radius 3 is 1.96 bits per heavy atom. The first-order valence-electron chi connectivity index (χ1n) is 9.33. The lowest BCUT2D eigenvalue weighted by molar-refractivity contribution is -0.134. The number of nitrogens with zero attached hydrogens (tertiary/aromatic N) is 3. The predicted octanol–water partition coefficient (Wildman–Crippen LogP) is 0.305. The first-order chi connectivity index (χ1) is 11.8. The van der Waals surface area contributed by atoms with Crippen molar-refractivity contribution in [1.82, 2.24) is 20.0 Å². The Balaban J connectivity index is 1.64. The molecule has 0 saturated carbocycles. The number of hydrogen-bond donors (Lipinski definition) is 1. The molecule has 0 radical (unpaired) electrons. The molecule has 2 aliphatic rings. The number of amides is 3. The number of rotatable bonds is 5. The van der Waals surface area contributed by atoms with Crippen molar-refractivity contribution in [3.05, 3.63) is 0 Å². The zero-order valence-corrected chi connectivity index (χ0v) is 15.8. The van der Waals surface area contributed by atoms with Crippen LogP contribution in [0.1, 0.15) is 40.0 Å². The van der Waals surface area contributed by atoms with E-state index >= 15 is 0 Å². The maximum absolute atomic E-state index is 12.2. The van der Waals surface area contributed by atoms with Crippen LogP contribution in [0.25, 0.3) is 0 Å². The van der Waals surface area contributed by atoms with Gasteiger partial charge >= 0.3 is 0 Å². The molecule has 142 valence electrons. The molecule has 0 spiro atoms. The summed E-state index contributed by atoms with van der Waals surface area (Å²) >= 11 is 0. The Kier molecular flexibility index (Phi) is 6.81. The monoisotopic (exact) mass is 352 g/mol. The third-order valence-electron chi connectivity index (χ3n) is 4.85. The fourth-order valence-electron chi connectivity index (χ4n) is 3.12. The molecule has 0 unspecified atom stereocenters. The molecule has 0 aromatic heterocycles. The first kappa shape index (κ1) is 19.7. The van der Waals surface area contributed by atoms with Gasteiger partial charge in [-0.1, -0.05) is 20.8 Å². The van der Waals surface area contributed by atoms with Gasteiger partial charge in [-0.25, -0.2) is 0 Å². The van der Waals surface area contributed by atoms with E-state index in [4.69, 9.17) is 0 Å². The quantitative estimate of drug-likeness (QED) is 0.773. The van der Waals surface area contributed by atoms with Gasteiger partial charge in [-0.2, -0.15) is 0 Å². The Morgan fingerprint density at radius 2 is 1.40 bits per heavy atom. The zero-order valence-electron chi connectivity index (χ0n) is 15.8. The van der Waals surface area contributed by atoms with Crippen LogP contribution < -0.4 is 5.32 Å². The smallest absolute Gasteiger partial charge is 0.236 e. The third-order valence-corrected chi connectivity index (χ3v) is 4.85. The second-order valence-corrected chi connectivity index (χ2v) is 8.00. The number of likely N-dealkylation sites (tertiary alicyclic amines) is 1. The van der Waals surface area contributed by atoms with Gasteiger partial charge in [0.15, 0.2) is 0 Å². The third kappa shape index (κ3) is 5.99. The SMILES string of the molecule is CC(C)(C)C(=O)NCCC(=O)N1CCN(CC(=O)N2CCCC2)CC1. The zero-order chi connectivity index (χ0) is 18.4. The summed E-state index contributed by atoms with van der Waals surface area (Å²) in [5.41, 5.74) is -0.434. The van der Waals surface area contributed by atoms with Crippen molar-refractivity contribution in [3.63, 3.8) is 0 Å². The molecule has 0 aromatic carbocycles. The lowest BCUT2D eigenvalue weighted by Gasteiger charge is -2.35. The lowest BCUT2D eigenvalue weighted by Crippen LogP contribution is -2.51. The largest absolute Gasteiger partial charge is 0.355 e. The second-order valence-electron chi connectivity index (χ2n) is 8.00. The number of carbonyl (C=O) groups excluding carboxylic acids is 3. The van der Waals surface area contributed by atoms with E-state index in [1.165, 1.54) is 0 Å². The van der Waals surface area contributed by atoms with E-state index in [1.54, 1.807) is 0 Å². The van der Waals surface area contributed by atoms with Crippen LogP contribution in [0, 0.1) is 5.41 Å². The Morgan fingerprint density at radius 1 is 0.840 bits per heavy atom. The molecule has 25 heavy (non-hydrogen) atoms. The number of nitrogens with one attached hydrogen (secondary N) is 1. The molecule has 7 heteroatoms. The van der Waals surface area contributed by atoms with Gasteiger partial charge in [0.1, 0.15) is 0 Å². The lowest BCUT2D eigenvalue weighted by atomic mass is 9.96. The molecule has 0 aliphatic carbocycles. The highest BCUT2D eigenvalue weighted by molar-refractivity contribution is 5.82. The molecule has 2 saturated heterocycles. The highest BCUT2D eigenvalue weighted by atomic mass is 16.2. The van der Waals surface area contributed by atoms with Crippen molar-refractivity contribution >= 4 is 17.7 Å². The minimum atomic E-state index is -0.434. The molecule has 3 amide bonds. The second kappa shape index (κ2) is 8.65. The molecule has 2 aliphatic heterocycles. The molecule has 0 atom stereocenters. The topological polar surface area (TPSA) is 73.0 Å². The minimum absolute atomic E-state index is 0.0365. The highest BCUT2D eigenvalue weighted by Crippen LogP contribution is 2.12. The van der Waals surface area contributed by atoms with Crippen LogP contribution in [0.4, 0.5) is 0 Å². The van der Waals surface area contributed by atoms with Crippen LogP contribution in [-0.4, -0.2) is 84.8 Å². The molecule has 0 bridgehead atoms. The van der Waals surface area contributed by atoms with Gasteiger partial charge < -0.3 is 15.1 Å². The van der Waals surface area contributed by atoms with Gasteiger partial charge in [0, 0.05) is 57.6 Å². The predicted molar refractivity (Wildman–Crippen MR) is 95.9 cm³/mol. The summed E-state index contributed by atoms with van der Waals surface area (Å²) in [6, 6.07) is 0. The van der Waals surface area contributed by atoms with E-state index in [1.807, 2.05) is 30.6 Å². The standard InChI is InChI=1S/C18H32N4O3/c1-18(2,3)17(25)19-7-6-15(23)22-12-10-20(11-13-22)14-16(24)21-8-4-5-9-21/h4-14H2,1-3H3,(H,19,25). The van der Waals surface area contributed by atoms with Gasteiger partial charge in [0.2, 0.25) is 17.7 Å². The van der Waals surface area contributed by atoms with Crippen molar-refractivity contribution in [2.24, 2.45) is 5.41 Å². The summed E-state index contributed by atoms with van der Waals surface area (Å²) in [7, 11) is 0. The molecular weight excluding hydrogens is 320 g/mol. The maximum Gasteiger partial charge on any atom is 0.236 e. The van der Waals surface area contributed by atoms with Crippen LogP contribution in [0.5, 0.6) is 0 Å². The summed E-state index contributed by atoms with van der Waals surface area (Å²) in [4.78, 5) is 42.1. The first-order valence-corrected chi connectivity index (χ1v) is 9.33. The number of piperazine rings is 1. The average Bonchev–Trinajstić information content (AvgIpc) is 3.09. The Labute approximate surface area is 150 Å². The van der Waals surface area contributed by atoms with Crippen LogP contribution in [0.3, 0.4) is 0 Å². The van der Waals surface area contributed by atoms with Gasteiger partial charge in [0.25, 0.3) is 0 Å².